The number of amides is 2. The number of para-hydroxylation sites is 1. The molecule has 1 fully saturated rings. The predicted molar refractivity (Wildman–Crippen MR) is 113 cm³/mol. The Balaban J connectivity index is 1.59. The van der Waals surface area contributed by atoms with E-state index in [2.05, 4.69) is 15.4 Å². The van der Waals surface area contributed by atoms with Gasteiger partial charge in [-0.05, 0) is 31.0 Å². The number of halogens is 2. The van der Waals surface area contributed by atoms with Crippen LogP contribution in [0.15, 0.2) is 42.5 Å². The van der Waals surface area contributed by atoms with Crippen LogP contribution in [-0.2, 0) is 6.54 Å². The Bertz CT molecular complexity index is 937. The smallest absolute Gasteiger partial charge is 0.387 e. The van der Waals surface area contributed by atoms with Gasteiger partial charge in [0.15, 0.2) is 11.5 Å². The van der Waals surface area contributed by atoms with Crippen molar-refractivity contribution >= 4 is 17.4 Å². The molecule has 11 heteroatoms. The number of carbonyl (C=O) groups is 1. The molecule has 0 unspecified atom stereocenters. The van der Waals surface area contributed by atoms with Crippen molar-refractivity contribution in [2.24, 2.45) is 0 Å². The van der Waals surface area contributed by atoms with Crippen LogP contribution in [0.25, 0.3) is 0 Å². The third-order valence-corrected chi connectivity index (χ3v) is 5.13. The van der Waals surface area contributed by atoms with Gasteiger partial charge in [0.2, 0.25) is 0 Å². The Hall–Kier alpha value is -3.47. The molecule has 1 aliphatic rings. The van der Waals surface area contributed by atoms with Crippen LogP contribution in [0.1, 0.15) is 18.4 Å². The fourth-order valence-electron chi connectivity index (χ4n) is 3.59. The zero-order chi connectivity index (χ0) is 23.1. The van der Waals surface area contributed by atoms with Crippen molar-refractivity contribution in [3.05, 3.63) is 58.1 Å². The number of nitro benzene ring substituents is 1. The minimum absolute atomic E-state index is 0.0000330. The Morgan fingerprint density at radius 2 is 1.91 bits per heavy atom. The number of anilines is 1. The molecule has 0 spiro atoms. The maximum absolute atomic E-state index is 12.6. The molecule has 2 aromatic carbocycles. The molecule has 2 N–H and O–H groups in total. The quantitative estimate of drug-likeness (QED) is 0.465. The van der Waals surface area contributed by atoms with E-state index in [9.17, 15) is 23.7 Å². The van der Waals surface area contributed by atoms with Crippen LogP contribution in [0.5, 0.6) is 11.5 Å². The van der Waals surface area contributed by atoms with Gasteiger partial charge in [-0.3, -0.25) is 15.0 Å². The van der Waals surface area contributed by atoms with Crippen LogP contribution in [0.2, 0.25) is 0 Å². The number of ether oxygens (including phenoxy) is 2. The molecular formula is C21H24F2N4O5. The molecule has 1 saturated heterocycles. The van der Waals surface area contributed by atoms with Crippen molar-refractivity contribution in [3.63, 3.8) is 0 Å². The van der Waals surface area contributed by atoms with Crippen molar-refractivity contribution in [3.8, 4) is 11.5 Å². The lowest BCUT2D eigenvalue weighted by molar-refractivity contribution is -0.385. The van der Waals surface area contributed by atoms with Crippen molar-refractivity contribution in [2.75, 3.05) is 25.5 Å². The lowest BCUT2D eigenvalue weighted by Gasteiger charge is -2.32. The van der Waals surface area contributed by atoms with Crippen molar-refractivity contribution in [1.29, 1.82) is 0 Å². The zero-order valence-corrected chi connectivity index (χ0v) is 17.4. The largest absolute Gasteiger partial charge is 0.493 e. The molecule has 1 aliphatic heterocycles. The first kappa shape index (κ1) is 23.2. The Morgan fingerprint density at radius 1 is 1.22 bits per heavy atom. The van der Waals surface area contributed by atoms with E-state index >= 15 is 0 Å². The molecule has 2 aromatic rings. The van der Waals surface area contributed by atoms with E-state index in [0.29, 0.717) is 37.2 Å². The summed E-state index contributed by atoms with van der Waals surface area (Å²) in [6, 6.07) is 11.1. The number of benzene rings is 2. The highest BCUT2D eigenvalue weighted by Crippen LogP contribution is 2.36. The maximum Gasteiger partial charge on any atom is 0.387 e. The third kappa shape index (κ3) is 6.27. The van der Waals surface area contributed by atoms with Crippen molar-refractivity contribution in [2.45, 2.75) is 32.0 Å². The number of methoxy groups -OCH3 is 1. The van der Waals surface area contributed by atoms with Gasteiger partial charge in [0.25, 0.3) is 5.69 Å². The number of urea groups is 1. The average molecular weight is 450 g/mol. The monoisotopic (exact) mass is 450 g/mol. The van der Waals surface area contributed by atoms with Gasteiger partial charge < -0.3 is 20.1 Å². The van der Waals surface area contributed by atoms with Crippen molar-refractivity contribution in [1.82, 2.24) is 10.2 Å². The summed E-state index contributed by atoms with van der Waals surface area (Å²) in [6.45, 7) is -1.68. The second kappa shape index (κ2) is 10.7. The number of nitrogens with zero attached hydrogens (tertiary/aromatic N) is 2. The number of alkyl halides is 2. The third-order valence-electron chi connectivity index (χ3n) is 5.13. The second-order valence-corrected chi connectivity index (χ2v) is 7.28. The Labute approximate surface area is 183 Å². The van der Waals surface area contributed by atoms with Crippen LogP contribution < -0.4 is 20.1 Å². The number of likely N-dealkylation sites (tertiary alicyclic amines) is 1. The molecule has 0 aliphatic carbocycles. The Kier molecular flexibility index (Phi) is 7.77. The van der Waals surface area contributed by atoms with E-state index in [1.54, 1.807) is 12.1 Å². The van der Waals surface area contributed by atoms with E-state index in [0.717, 1.165) is 6.07 Å². The van der Waals surface area contributed by atoms with Gasteiger partial charge >= 0.3 is 12.6 Å². The van der Waals surface area contributed by atoms with Gasteiger partial charge in [-0.1, -0.05) is 18.2 Å². The molecule has 1 heterocycles. The molecule has 2 amide bonds. The second-order valence-electron chi connectivity index (χ2n) is 7.28. The van der Waals surface area contributed by atoms with Gasteiger partial charge in [-0.15, -0.1) is 0 Å². The highest BCUT2D eigenvalue weighted by Gasteiger charge is 2.26. The number of nitro groups is 1. The van der Waals surface area contributed by atoms with E-state index in [-0.39, 0.29) is 35.8 Å². The molecular weight excluding hydrogens is 426 g/mol. The number of hydrogen-bond donors (Lipinski definition) is 2. The van der Waals surface area contributed by atoms with E-state index < -0.39 is 11.5 Å². The molecule has 0 aromatic heterocycles. The number of hydrogen-bond acceptors (Lipinski definition) is 6. The molecule has 0 atom stereocenters. The average Bonchev–Trinajstić information content (AvgIpc) is 2.76. The minimum atomic E-state index is -3.13. The van der Waals surface area contributed by atoms with Crippen LogP contribution >= 0.6 is 0 Å². The van der Waals surface area contributed by atoms with Crippen LogP contribution in [0.3, 0.4) is 0 Å². The first-order valence-corrected chi connectivity index (χ1v) is 10.0. The summed E-state index contributed by atoms with van der Waals surface area (Å²) in [7, 11) is 1.28. The lowest BCUT2D eigenvalue weighted by atomic mass is 10.0. The van der Waals surface area contributed by atoms with Gasteiger partial charge in [-0.25, -0.2) is 4.79 Å². The van der Waals surface area contributed by atoms with Crippen molar-refractivity contribution < 1.29 is 28.0 Å². The number of rotatable bonds is 8. The maximum atomic E-state index is 12.6. The standard InChI is InChI=1S/C21H24F2N4O5/c1-31-18-11-14(17(27(29)30)12-19(18)32-20(22)23)13-26-9-7-16(8-10-26)25-21(28)24-15-5-3-2-4-6-15/h2-6,11-12,16,20H,7-10,13H2,1H3,(H2,24,25,28). The van der Waals surface area contributed by atoms with Crippen LogP contribution in [0, 0.1) is 10.1 Å². The molecule has 172 valence electrons. The van der Waals surface area contributed by atoms with Gasteiger partial charge in [0.1, 0.15) is 0 Å². The number of carbonyl (C=O) groups excluding carboxylic acids is 1. The lowest BCUT2D eigenvalue weighted by Crippen LogP contribution is -2.45. The molecule has 0 bridgehead atoms. The molecule has 3 rings (SSSR count). The normalized spacial score (nSPS) is 14.8. The predicted octanol–water partition coefficient (Wildman–Crippen LogP) is 3.99. The summed E-state index contributed by atoms with van der Waals surface area (Å²) in [5.74, 6) is -0.384. The molecule has 32 heavy (non-hydrogen) atoms. The number of piperidine rings is 1. The van der Waals surface area contributed by atoms with Crippen LogP contribution in [0.4, 0.5) is 25.0 Å². The van der Waals surface area contributed by atoms with E-state index in [4.69, 9.17) is 4.74 Å². The topological polar surface area (TPSA) is 106 Å². The summed E-state index contributed by atoms with van der Waals surface area (Å²) >= 11 is 0. The summed E-state index contributed by atoms with van der Waals surface area (Å²) in [4.78, 5) is 25.0. The fourth-order valence-corrected chi connectivity index (χ4v) is 3.59. The Morgan fingerprint density at radius 3 is 2.50 bits per heavy atom. The zero-order valence-electron chi connectivity index (χ0n) is 17.4. The minimum Gasteiger partial charge on any atom is -0.493 e. The summed E-state index contributed by atoms with van der Waals surface area (Å²) in [6.07, 6.45) is 1.33. The van der Waals surface area contributed by atoms with E-state index in [1.807, 2.05) is 23.1 Å². The first-order chi connectivity index (χ1) is 15.4. The summed E-state index contributed by atoms with van der Waals surface area (Å²) < 4.78 is 34.6. The molecule has 9 nitrogen and oxygen atoms in total. The fraction of sp³-hybridized carbons (Fsp3) is 0.381. The number of nitrogens with one attached hydrogen (secondary N) is 2. The van der Waals surface area contributed by atoms with Gasteiger partial charge in [0, 0.05) is 36.9 Å². The highest BCUT2D eigenvalue weighted by atomic mass is 19.3. The van der Waals surface area contributed by atoms with Crippen LogP contribution in [-0.4, -0.2) is 48.7 Å². The first-order valence-electron chi connectivity index (χ1n) is 10.0. The highest BCUT2D eigenvalue weighted by molar-refractivity contribution is 5.89. The molecule has 0 radical (unpaired) electrons. The van der Waals surface area contributed by atoms with Gasteiger partial charge in [0.05, 0.1) is 18.1 Å². The van der Waals surface area contributed by atoms with Gasteiger partial charge in [-0.2, -0.15) is 8.78 Å². The summed E-state index contributed by atoms with van der Waals surface area (Å²) in [5, 5.41) is 17.2. The molecule has 0 saturated carbocycles. The summed E-state index contributed by atoms with van der Waals surface area (Å²) in [5.41, 5.74) is 0.716. The van der Waals surface area contributed by atoms with E-state index in [1.165, 1.54) is 13.2 Å². The SMILES string of the molecule is COc1cc(CN2CCC(NC(=O)Nc3ccccc3)CC2)c([N+](=O)[O-])cc1OC(F)F.